The summed E-state index contributed by atoms with van der Waals surface area (Å²) in [5.74, 6) is 0.497. The van der Waals surface area contributed by atoms with Gasteiger partial charge in [0.1, 0.15) is 0 Å². The van der Waals surface area contributed by atoms with Gasteiger partial charge in [-0.2, -0.15) is 4.98 Å². The Balaban J connectivity index is 2.51. The molecule has 0 aliphatic heterocycles. The fraction of sp³-hybridized carbons (Fsp3) is 0.500. The molecular formula is C12H18N6O2S. The fourth-order valence-corrected chi connectivity index (χ4v) is 2.16. The fourth-order valence-electron chi connectivity index (χ4n) is 2.08. The van der Waals surface area contributed by atoms with E-state index < -0.39 is 11.2 Å². The molecule has 0 aromatic carbocycles. The number of thiocarbonyl (C=S) groups is 1. The first kappa shape index (κ1) is 15.2. The van der Waals surface area contributed by atoms with E-state index in [2.05, 4.69) is 9.97 Å². The molecule has 21 heavy (non-hydrogen) atoms. The van der Waals surface area contributed by atoms with Crippen LogP contribution in [0.5, 0.6) is 0 Å². The smallest absolute Gasteiger partial charge is 0.332 e. The third kappa shape index (κ3) is 2.56. The van der Waals surface area contributed by atoms with Gasteiger partial charge in [-0.1, -0.05) is 19.1 Å². The highest BCUT2D eigenvalue weighted by molar-refractivity contribution is 7.80. The minimum Gasteiger partial charge on any atom is -0.393 e. The third-order valence-corrected chi connectivity index (χ3v) is 3.88. The molecule has 8 nitrogen and oxygen atoms in total. The number of hydrogen-bond donors (Lipinski definition) is 2. The molecule has 0 amide bonds. The molecule has 9 heteroatoms. The van der Waals surface area contributed by atoms with Crippen molar-refractivity contribution in [1.29, 1.82) is 0 Å². The van der Waals surface area contributed by atoms with Crippen molar-refractivity contribution in [1.82, 2.24) is 19.1 Å². The second-order valence-corrected chi connectivity index (χ2v) is 5.62. The first-order valence-corrected chi connectivity index (χ1v) is 6.81. The predicted molar refractivity (Wildman–Crippen MR) is 85.8 cm³/mol. The maximum absolute atomic E-state index is 12.1. The highest BCUT2D eigenvalue weighted by Gasteiger charge is 2.17. The molecule has 0 spiro atoms. The Hall–Kier alpha value is -2.16. The molecule has 1 unspecified atom stereocenters. The molecule has 114 valence electrons. The Bertz CT molecular complexity index is 817. The van der Waals surface area contributed by atoms with Gasteiger partial charge in [-0.15, -0.1) is 0 Å². The molecule has 3 N–H and O–H groups in total. The van der Waals surface area contributed by atoms with E-state index in [4.69, 9.17) is 18.0 Å². The van der Waals surface area contributed by atoms with Gasteiger partial charge in [0.2, 0.25) is 5.95 Å². The van der Waals surface area contributed by atoms with Crippen molar-refractivity contribution < 1.29 is 0 Å². The Kier molecular flexibility index (Phi) is 3.86. The van der Waals surface area contributed by atoms with Crippen LogP contribution in [0.1, 0.15) is 6.92 Å². The van der Waals surface area contributed by atoms with Crippen molar-refractivity contribution in [3.05, 3.63) is 20.8 Å². The number of aromatic amines is 1. The van der Waals surface area contributed by atoms with Crippen LogP contribution in [0, 0.1) is 5.92 Å². The van der Waals surface area contributed by atoms with E-state index in [1.165, 1.54) is 11.6 Å². The molecule has 2 aromatic rings. The van der Waals surface area contributed by atoms with Crippen LogP contribution in [0.3, 0.4) is 0 Å². The Morgan fingerprint density at radius 1 is 1.43 bits per heavy atom. The molecule has 2 rings (SSSR count). The molecule has 0 radical (unpaired) electrons. The first-order valence-electron chi connectivity index (χ1n) is 6.40. The molecule has 1 atom stereocenters. The summed E-state index contributed by atoms with van der Waals surface area (Å²) in [4.78, 5) is 33.5. The average Bonchev–Trinajstić information content (AvgIpc) is 2.88. The monoisotopic (exact) mass is 310 g/mol. The number of H-pyrrole nitrogens is 1. The Morgan fingerprint density at radius 2 is 2.05 bits per heavy atom. The predicted octanol–water partition coefficient (Wildman–Crippen LogP) is -0.681. The SMILES string of the molecule is CC(CN(C)c1nc2c([nH]1)c(=O)n(C)c(=O)n2C)C(N)=S. The maximum Gasteiger partial charge on any atom is 0.332 e. The number of rotatable bonds is 4. The van der Waals surface area contributed by atoms with Crippen molar-refractivity contribution >= 4 is 34.3 Å². The van der Waals surface area contributed by atoms with Gasteiger partial charge in [0.05, 0.1) is 4.99 Å². The van der Waals surface area contributed by atoms with Crippen LogP contribution in [0.15, 0.2) is 9.59 Å². The average molecular weight is 310 g/mol. The number of imidazole rings is 1. The molecule has 2 heterocycles. The number of aromatic nitrogens is 4. The van der Waals surface area contributed by atoms with Gasteiger partial charge >= 0.3 is 5.69 Å². The van der Waals surface area contributed by atoms with E-state index >= 15 is 0 Å². The number of aryl methyl sites for hydroxylation is 1. The van der Waals surface area contributed by atoms with Crippen LogP contribution in [0.4, 0.5) is 5.95 Å². The van der Waals surface area contributed by atoms with E-state index in [0.717, 1.165) is 4.57 Å². The van der Waals surface area contributed by atoms with Crippen LogP contribution in [0.2, 0.25) is 0 Å². The molecule has 0 saturated heterocycles. The highest BCUT2D eigenvalue weighted by atomic mass is 32.1. The van der Waals surface area contributed by atoms with Crippen molar-refractivity contribution in [3.8, 4) is 0 Å². The first-order chi connectivity index (χ1) is 9.73. The summed E-state index contributed by atoms with van der Waals surface area (Å²) in [7, 11) is 4.82. The number of nitrogens with zero attached hydrogens (tertiary/aromatic N) is 4. The lowest BCUT2D eigenvalue weighted by Gasteiger charge is -2.19. The zero-order valence-electron chi connectivity index (χ0n) is 12.4. The summed E-state index contributed by atoms with van der Waals surface area (Å²) >= 11 is 4.95. The van der Waals surface area contributed by atoms with Gasteiger partial charge < -0.3 is 15.6 Å². The van der Waals surface area contributed by atoms with E-state index in [9.17, 15) is 9.59 Å². The topological polar surface area (TPSA) is 102 Å². The third-order valence-electron chi connectivity index (χ3n) is 3.48. The lowest BCUT2D eigenvalue weighted by atomic mass is 10.2. The second-order valence-electron chi connectivity index (χ2n) is 5.15. The highest BCUT2D eigenvalue weighted by Crippen LogP contribution is 2.13. The zero-order valence-corrected chi connectivity index (χ0v) is 13.2. The lowest BCUT2D eigenvalue weighted by molar-refractivity contribution is 0.708. The van der Waals surface area contributed by atoms with Gasteiger partial charge in [-0.05, 0) is 0 Å². The number of fused-ring (bicyclic) bond motifs is 1. The summed E-state index contributed by atoms with van der Waals surface area (Å²) < 4.78 is 2.38. The molecule has 0 fully saturated rings. The number of nitrogens with two attached hydrogens (primary N) is 1. The lowest BCUT2D eigenvalue weighted by Crippen LogP contribution is -2.36. The van der Waals surface area contributed by atoms with E-state index in [1.807, 2.05) is 18.9 Å². The summed E-state index contributed by atoms with van der Waals surface area (Å²) in [5.41, 5.74) is 5.41. The largest absolute Gasteiger partial charge is 0.393 e. The minimum atomic E-state index is -0.412. The van der Waals surface area contributed by atoms with Crippen molar-refractivity contribution in [2.24, 2.45) is 25.7 Å². The number of anilines is 1. The van der Waals surface area contributed by atoms with Crippen LogP contribution < -0.4 is 21.9 Å². The zero-order chi connectivity index (χ0) is 15.9. The van der Waals surface area contributed by atoms with E-state index in [-0.39, 0.29) is 5.92 Å². The van der Waals surface area contributed by atoms with Crippen LogP contribution >= 0.6 is 12.2 Å². The Morgan fingerprint density at radius 3 is 2.62 bits per heavy atom. The summed E-state index contributed by atoms with van der Waals surface area (Å²) in [5, 5.41) is 0. The second kappa shape index (κ2) is 5.32. The van der Waals surface area contributed by atoms with E-state index in [0.29, 0.717) is 28.6 Å². The molecular weight excluding hydrogens is 292 g/mol. The molecule has 0 saturated carbocycles. The maximum atomic E-state index is 12.1. The standard InChI is InChI=1S/C12H18N6O2S/c1-6(8(13)21)5-16(2)11-14-7-9(15-11)17(3)12(20)18(4)10(7)19/h6H,5H2,1-4H3,(H2,13,21)(H,14,15). The van der Waals surface area contributed by atoms with Crippen molar-refractivity contribution in [2.75, 3.05) is 18.5 Å². The quantitative estimate of drug-likeness (QED) is 0.725. The molecule has 0 aliphatic carbocycles. The normalized spacial score (nSPS) is 12.6. The summed E-state index contributed by atoms with van der Waals surface area (Å²) in [6, 6.07) is 0. The van der Waals surface area contributed by atoms with E-state index in [1.54, 1.807) is 7.05 Å². The van der Waals surface area contributed by atoms with Crippen molar-refractivity contribution in [3.63, 3.8) is 0 Å². The number of nitrogens with one attached hydrogen (secondary N) is 1. The summed E-state index contributed by atoms with van der Waals surface area (Å²) in [6.07, 6.45) is 0. The van der Waals surface area contributed by atoms with Gasteiger partial charge in [0.15, 0.2) is 11.2 Å². The molecule has 0 bridgehead atoms. The van der Waals surface area contributed by atoms with Gasteiger partial charge in [-0.3, -0.25) is 13.9 Å². The Labute approximate surface area is 126 Å². The minimum absolute atomic E-state index is 0.00450. The number of hydrogen-bond acceptors (Lipinski definition) is 5. The summed E-state index contributed by atoms with van der Waals surface area (Å²) in [6.45, 7) is 2.47. The van der Waals surface area contributed by atoms with Crippen molar-refractivity contribution in [2.45, 2.75) is 6.92 Å². The molecule has 0 aliphatic rings. The van der Waals surface area contributed by atoms with Crippen LogP contribution in [0.25, 0.3) is 11.2 Å². The van der Waals surface area contributed by atoms with Crippen LogP contribution in [-0.2, 0) is 14.1 Å². The molecule has 2 aromatic heterocycles. The van der Waals surface area contributed by atoms with Gasteiger partial charge in [0, 0.05) is 33.6 Å². The van der Waals surface area contributed by atoms with Gasteiger partial charge in [-0.25, -0.2) is 4.79 Å². The van der Waals surface area contributed by atoms with Gasteiger partial charge in [0.25, 0.3) is 5.56 Å². The van der Waals surface area contributed by atoms with Crippen LogP contribution in [-0.4, -0.2) is 37.7 Å².